The van der Waals surface area contributed by atoms with Crippen molar-refractivity contribution in [3.05, 3.63) is 39.8 Å². The van der Waals surface area contributed by atoms with Gasteiger partial charge >= 0.3 is 5.97 Å². The van der Waals surface area contributed by atoms with Crippen molar-refractivity contribution < 1.29 is 9.90 Å². The van der Waals surface area contributed by atoms with E-state index in [-0.39, 0.29) is 0 Å². The summed E-state index contributed by atoms with van der Waals surface area (Å²) < 4.78 is 0.947. The molecule has 0 aliphatic heterocycles. The lowest BCUT2D eigenvalue weighted by Gasteiger charge is -2.07. The molecular formula is C12H11BrN2O2S. The summed E-state index contributed by atoms with van der Waals surface area (Å²) >= 11 is 4.89. The third-order valence-electron chi connectivity index (χ3n) is 2.46. The molecule has 2 N–H and O–H groups in total. The number of nitrogens with one attached hydrogen (secondary N) is 1. The van der Waals surface area contributed by atoms with E-state index < -0.39 is 12.0 Å². The lowest BCUT2D eigenvalue weighted by molar-refractivity contribution is -0.139. The summed E-state index contributed by atoms with van der Waals surface area (Å²) in [4.78, 5) is 15.4. The van der Waals surface area contributed by atoms with Crippen LogP contribution in [0.3, 0.4) is 0 Å². The molecule has 1 aromatic carbocycles. The maximum atomic E-state index is 11.0. The van der Waals surface area contributed by atoms with Crippen LogP contribution < -0.4 is 5.32 Å². The van der Waals surface area contributed by atoms with Gasteiger partial charge in [-0.3, -0.25) is 4.79 Å². The van der Waals surface area contributed by atoms with Gasteiger partial charge < -0.3 is 10.4 Å². The Morgan fingerprint density at radius 3 is 2.83 bits per heavy atom. The van der Waals surface area contributed by atoms with Crippen molar-refractivity contribution in [1.82, 2.24) is 10.3 Å². The molecular weight excluding hydrogens is 316 g/mol. The molecule has 1 unspecified atom stereocenters. The molecule has 0 fully saturated rings. The fraction of sp³-hybridized carbons (Fsp3) is 0.167. The van der Waals surface area contributed by atoms with Crippen molar-refractivity contribution in [3.8, 4) is 10.6 Å². The van der Waals surface area contributed by atoms with Gasteiger partial charge in [-0.05, 0) is 13.1 Å². The van der Waals surface area contributed by atoms with Crippen LogP contribution in [0.5, 0.6) is 0 Å². The van der Waals surface area contributed by atoms with E-state index in [0.29, 0.717) is 5.69 Å². The molecule has 0 saturated heterocycles. The minimum Gasteiger partial charge on any atom is -0.480 e. The molecule has 0 saturated carbocycles. The number of carbonyl (C=O) groups is 1. The van der Waals surface area contributed by atoms with E-state index in [1.54, 1.807) is 12.4 Å². The summed E-state index contributed by atoms with van der Waals surface area (Å²) in [7, 11) is 1.61. The Balaban J connectivity index is 2.36. The smallest absolute Gasteiger partial charge is 0.327 e. The van der Waals surface area contributed by atoms with Gasteiger partial charge in [-0.1, -0.05) is 34.1 Å². The lowest BCUT2D eigenvalue weighted by atomic mass is 10.2. The van der Waals surface area contributed by atoms with Gasteiger partial charge in [0, 0.05) is 15.4 Å². The van der Waals surface area contributed by atoms with Gasteiger partial charge in [0.25, 0.3) is 0 Å². The molecule has 4 nitrogen and oxygen atoms in total. The SMILES string of the molecule is CNC(C(=O)O)c1csc(-c2ccccc2Br)n1. The summed E-state index contributed by atoms with van der Waals surface area (Å²) in [6.07, 6.45) is 0. The highest BCUT2D eigenvalue weighted by Crippen LogP contribution is 2.31. The minimum atomic E-state index is -0.929. The maximum absolute atomic E-state index is 11.0. The Labute approximate surface area is 117 Å². The largest absolute Gasteiger partial charge is 0.480 e. The average molecular weight is 327 g/mol. The fourth-order valence-corrected chi connectivity index (χ4v) is 3.06. The van der Waals surface area contributed by atoms with Crippen LogP contribution in [0.1, 0.15) is 11.7 Å². The van der Waals surface area contributed by atoms with E-state index in [9.17, 15) is 4.79 Å². The average Bonchev–Trinajstić information content (AvgIpc) is 2.79. The highest BCUT2D eigenvalue weighted by atomic mass is 79.9. The summed E-state index contributed by atoms with van der Waals surface area (Å²) in [5.41, 5.74) is 1.50. The molecule has 1 heterocycles. The molecule has 0 radical (unpaired) electrons. The second-order valence-corrected chi connectivity index (χ2v) is 5.33. The van der Waals surface area contributed by atoms with Gasteiger partial charge in [0.05, 0.1) is 5.69 Å². The van der Waals surface area contributed by atoms with Crippen LogP contribution in [0, 0.1) is 0 Å². The summed E-state index contributed by atoms with van der Waals surface area (Å²) in [5.74, 6) is -0.929. The Kier molecular flexibility index (Phi) is 4.11. The van der Waals surface area contributed by atoms with Gasteiger partial charge in [-0.2, -0.15) is 0 Å². The van der Waals surface area contributed by atoms with Crippen LogP contribution >= 0.6 is 27.3 Å². The van der Waals surface area contributed by atoms with E-state index in [0.717, 1.165) is 15.0 Å². The zero-order chi connectivity index (χ0) is 13.1. The van der Waals surface area contributed by atoms with Gasteiger partial charge in [0.15, 0.2) is 0 Å². The number of aromatic nitrogens is 1. The highest BCUT2D eigenvalue weighted by molar-refractivity contribution is 9.10. The van der Waals surface area contributed by atoms with Crippen LogP contribution in [0.4, 0.5) is 0 Å². The van der Waals surface area contributed by atoms with Crippen molar-refractivity contribution in [3.63, 3.8) is 0 Å². The predicted octanol–water partition coefficient (Wildman–Crippen LogP) is 2.92. The first-order valence-electron chi connectivity index (χ1n) is 5.24. The molecule has 18 heavy (non-hydrogen) atoms. The lowest BCUT2D eigenvalue weighted by Crippen LogP contribution is -2.25. The van der Waals surface area contributed by atoms with Crippen molar-refractivity contribution in [2.75, 3.05) is 7.05 Å². The maximum Gasteiger partial charge on any atom is 0.327 e. The van der Waals surface area contributed by atoms with Crippen LogP contribution in [0.2, 0.25) is 0 Å². The zero-order valence-corrected chi connectivity index (χ0v) is 12.0. The summed E-state index contributed by atoms with van der Waals surface area (Å²) in [6, 6.07) is 6.96. The van der Waals surface area contributed by atoms with E-state index in [2.05, 4.69) is 26.2 Å². The number of benzene rings is 1. The van der Waals surface area contributed by atoms with Crippen molar-refractivity contribution in [1.29, 1.82) is 0 Å². The Bertz CT molecular complexity index is 571. The van der Waals surface area contributed by atoms with Gasteiger partial charge in [0.2, 0.25) is 0 Å². The molecule has 0 amide bonds. The Morgan fingerprint density at radius 1 is 1.50 bits per heavy atom. The molecule has 1 atom stereocenters. The van der Waals surface area contributed by atoms with Crippen LogP contribution in [0.25, 0.3) is 10.6 Å². The number of thiazole rings is 1. The molecule has 0 aliphatic rings. The molecule has 2 aromatic rings. The minimum absolute atomic E-state index is 0.528. The molecule has 0 bridgehead atoms. The second kappa shape index (κ2) is 5.60. The molecule has 2 rings (SSSR count). The van der Waals surface area contributed by atoms with Crippen LogP contribution in [-0.4, -0.2) is 23.1 Å². The van der Waals surface area contributed by atoms with Gasteiger partial charge in [0.1, 0.15) is 11.0 Å². The number of aliphatic carboxylic acids is 1. The van der Waals surface area contributed by atoms with Crippen LogP contribution in [-0.2, 0) is 4.79 Å². The van der Waals surface area contributed by atoms with Gasteiger partial charge in [-0.25, -0.2) is 4.98 Å². The number of carboxylic acids is 1. The first-order chi connectivity index (χ1) is 8.63. The number of rotatable bonds is 4. The third kappa shape index (κ3) is 2.60. The number of hydrogen-bond acceptors (Lipinski definition) is 4. The number of carboxylic acid groups (broad SMARTS) is 1. The standard InChI is InChI=1S/C12H11BrN2O2S/c1-14-10(12(16)17)9-6-18-11(15-9)7-4-2-3-5-8(7)13/h2-6,10,14H,1H3,(H,16,17). The van der Waals surface area contributed by atoms with E-state index in [1.165, 1.54) is 11.3 Å². The van der Waals surface area contributed by atoms with Crippen LogP contribution in [0.15, 0.2) is 34.1 Å². The molecule has 0 spiro atoms. The van der Waals surface area contributed by atoms with E-state index in [1.807, 2.05) is 24.3 Å². The normalized spacial score (nSPS) is 12.3. The van der Waals surface area contributed by atoms with Crippen molar-refractivity contribution in [2.45, 2.75) is 6.04 Å². The topological polar surface area (TPSA) is 62.2 Å². The zero-order valence-electron chi connectivity index (χ0n) is 9.55. The molecule has 94 valence electrons. The first-order valence-corrected chi connectivity index (χ1v) is 6.91. The molecule has 6 heteroatoms. The quantitative estimate of drug-likeness (QED) is 0.906. The number of halogens is 1. The summed E-state index contributed by atoms with van der Waals surface area (Å²) in [6.45, 7) is 0. The third-order valence-corrected chi connectivity index (χ3v) is 4.04. The Morgan fingerprint density at radius 2 is 2.22 bits per heavy atom. The number of nitrogens with zero attached hydrogens (tertiary/aromatic N) is 1. The van der Waals surface area contributed by atoms with Crippen molar-refractivity contribution in [2.24, 2.45) is 0 Å². The molecule has 1 aromatic heterocycles. The van der Waals surface area contributed by atoms with Crippen molar-refractivity contribution >= 4 is 33.2 Å². The predicted molar refractivity (Wildman–Crippen MR) is 74.7 cm³/mol. The molecule has 0 aliphatic carbocycles. The summed E-state index contributed by atoms with van der Waals surface area (Å²) in [5, 5.41) is 14.4. The number of likely N-dealkylation sites (N-methyl/N-ethyl adjacent to an activating group) is 1. The number of hydrogen-bond donors (Lipinski definition) is 2. The second-order valence-electron chi connectivity index (χ2n) is 3.62. The monoisotopic (exact) mass is 326 g/mol. The van der Waals surface area contributed by atoms with E-state index in [4.69, 9.17) is 5.11 Å². The fourth-order valence-electron chi connectivity index (χ4n) is 1.57. The van der Waals surface area contributed by atoms with E-state index >= 15 is 0 Å². The Hall–Kier alpha value is -1.24. The van der Waals surface area contributed by atoms with Gasteiger partial charge in [-0.15, -0.1) is 11.3 Å². The first kappa shape index (κ1) is 13.2. The highest BCUT2D eigenvalue weighted by Gasteiger charge is 2.21.